The number of anilines is 1. The highest BCUT2D eigenvalue weighted by Gasteiger charge is 2.32. The molecule has 1 aliphatic carbocycles. The zero-order valence-corrected chi connectivity index (χ0v) is 12.1. The molecule has 1 fully saturated rings. The Labute approximate surface area is 123 Å². The highest BCUT2D eigenvalue weighted by molar-refractivity contribution is 6.30. The van der Waals surface area contributed by atoms with E-state index in [-0.39, 0.29) is 11.9 Å². The third-order valence-electron chi connectivity index (χ3n) is 3.83. The van der Waals surface area contributed by atoms with Gasteiger partial charge in [0, 0.05) is 10.7 Å². The van der Waals surface area contributed by atoms with E-state index in [1.54, 1.807) is 6.07 Å². The van der Waals surface area contributed by atoms with Crippen LogP contribution >= 0.6 is 11.6 Å². The fourth-order valence-corrected chi connectivity index (χ4v) is 2.62. The summed E-state index contributed by atoms with van der Waals surface area (Å²) in [4.78, 5) is 0. The third kappa shape index (κ3) is 2.96. The number of hydrogen-bond acceptors (Lipinski definition) is 1. The zero-order valence-electron chi connectivity index (χ0n) is 11.4. The predicted molar refractivity (Wildman–Crippen MR) is 81.7 cm³/mol. The second-order valence-corrected chi connectivity index (χ2v) is 5.91. The van der Waals surface area contributed by atoms with Crippen LogP contribution in [-0.2, 0) is 0 Å². The molecule has 2 aromatic rings. The largest absolute Gasteiger partial charge is 0.378 e. The molecule has 104 valence electrons. The van der Waals surface area contributed by atoms with E-state index in [1.165, 1.54) is 24.5 Å². The zero-order chi connectivity index (χ0) is 14.1. The highest BCUT2D eigenvalue weighted by atomic mass is 35.5. The molecular weight excluding hydrogens is 273 g/mol. The lowest BCUT2D eigenvalue weighted by molar-refractivity contribution is 0.625. The lowest BCUT2D eigenvalue weighted by atomic mass is 10.0. The summed E-state index contributed by atoms with van der Waals surface area (Å²) in [5.41, 5.74) is 3.14. The van der Waals surface area contributed by atoms with E-state index in [2.05, 4.69) is 5.32 Å². The van der Waals surface area contributed by atoms with Crippen molar-refractivity contribution in [2.75, 3.05) is 5.32 Å². The summed E-state index contributed by atoms with van der Waals surface area (Å²) in [5, 5.41) is 4.24. The van der Waals surface area contributed by atoms with Gasteiger partial charge in [0.05, 0.1) is 6.04 Å². The second-order valence-electron chi connectivity index (χ2n) is 5.47. The van der Waals surface area contributed by atoms with Gasteiger partial charge in [0.1, 0.15) is 5.82 Å². The van der Waals surface area contributed by atoms with Crippen molar-refractivity contribution < 1.29 is 4.39 Å². The molecule has 0 aromatic heterocycles. The topological polar surface area (TPSA) is 12.0 Å². The summed E-state index contributed by atoms with van der Waals surface area (Å²) in [7, 11) is 0. The van der Waals surface area contributed by atoms with Crippen LogP contribution in [0.25, 0.3) is 0 Å². The van der Waals surface area contributed by atoms with Crippen LogP contribution in [0.3, 0.4) is 0 Å². The molecule has 0 bridgehead atoms. The Morgan fingerprint density at radius 1 is 1.15 bits per heavy atom. The van der Waals surface area contributed by atoms with Gasteiger partial charge in [0.25, 0.3) is 0 Å². The number of benzene rings is 2. The van der Waals surface area contributed by atoms with Crippen LogP contribution in [0.2, 0.25) is 5.02 Å². The van der Waals surface area contributed by atoms with Crippen molar-refractivity contribution in [2.45, 2.75) is 25.8 Å². The molecule has 1 N–H and O–H groups in total. The molecule has 0 heterocycles. The van der Waals surface area contributed by atoms with Gasteiger partial charge in [-0.3, -0.25) is 0 Å². The lowest BCUT2D eigenvalue weighted by Crippen LogP contribution is -2.13. The van der Waals surface area contributed by atoms with Gasteiger partial charge in [-0.2, -0.15) is 0 Å². The van der Waals surface area contributed by atoms with Gasteiger partial charge in [-0.25, -0.2) is 4.39 Å². The summed E-state index contributed by atoms with van der Waals surface area (Å²) < 4.78 is 13.4. The first-order valence-electron chi connectivity index (χ1n) is 6.91. The average molecular weight is 290 g/mol. The Bertz CT molecular complexity index is 605. The molecule has 20 heavy (non-hydrogen) atoms. The molecule has 1 unspecified atom stereocenters. The van der Waals surface area contributed by atoms with Crippen molar-refractivity contribution in [3.05, 3.63) is 64.4 Å². The average Bonchev–Trinajstić information content (AvgIpc) is 3.25. The molecule has 0 radical (unpaired) electrons. The fraction of sp³-hybridized carbons (Fsp3) is 0.294. The fourth-order valence-electron chi connectivity index (χ4n) is 2.49. The molecule has 3 rings (SSSR count). The molecule has 3 heteroatoms. The minimum Gasteiger partial charge on any atom is -0.378 e. The number of halogens is 2. The van der Waals surface area contributed by atoms with Crippen molar-refractivity contribution in [1.29, 1.82) is 0 Å². The van der Waals surface area contributed by atoms with Crippen LogP contribution in [0.15, 0.2) is 42.5 Å². The van der Waals surface area contributed by atoms with Crippen molar-refractivity contribution in [3.8, 4) is 0 Å². The predicted octanol–water partition coefficient (Wildman–Crippen LogP) is 5.35. The van der Waals surface area contributed by atoms with Gasteiger partial charge in [-0.1, -0.05) is 29.8 Å². The standard InChI is InChI=1S/C17H17ClFN/c1-11-2-9-15(19)10-16(11)20-17(12-3-4-12)13-5-7-14(18)8-6-13/h2,5-10,12,17,20H,3-4H2,1H3. The first-order valence-corrected chi connectivity index (χ1v) is 7.29. The van der Waals surface area contributed by atoms with Crippen LogP contribution in [-0.4, -0.2) is 0 Å². The van der Waals surface area contributed by atoms with Crippen LogP contribution < -0.4 is 5.32 Å². The molecule has 1 aliphatic rings. The van der Waals surface area contributed by atoms with Crippen LogP contribution in [0.5, 0.6) is 0 Å². The van der Waals surface area contributed by atoms with Crippen molar-refractivity contribution >= 4 is 17.3 Å². The summed E-state index contributed by atoms with van der Waals surface area (Å²) in [5.74, 6) is 0.419. The summed E-state index contributed by atoms with van der Waals surface area (Å²) in [6.07, 6.45) is 2.43. The maximum absolute atomic E-state index is 13.4. The van der Waals surface area contributed by atoms with E-state index in [0.29, 0.717) is 5.92 Å². The van der Waals surface area contributed by atoms with Gasteiger partial charge < -0.3 is 5.32 Å². The summed E-state index contributed by atoms with van der Waals surface area (Å²) in [6, 6.07) is 13.0. The molecule has 0 spiro atoms. The van der Waals surface area contributed by atoms with Gasteiger partial charge in [-0.05, 0) is 61.1 Å². The first kappa shape index (κ1) is 13.4. The third-order valence-corrected chi connectivity index (χ3v) is 4.09. The van der Waals surface area contributed by atoms with Crippen LogP contribution in [0.1, 0.15) is 30.0 Å². The van der Waals surface area contributed by atoms with E-state index < -0.39 is 0 Å². The highest BCUT2D eigenvalue weighted by Crippen LogP contribution is 2.43. The maximum Gasteiger partial charge on any atom is 0.125 e. The molecule has 0 aliphatic heterocycles. The van der Waals surface area contributed by atoms with Crippen molar-refractivity contribution in [2.24, 2.45) is 5.92 Å². The van der Waals surface area contributed by atoms with Gasteiger partial charge >= 0.3 is 0 Å². The normalized spacial score (nSPS) is 15.9. The quantitative estimate of drug-likeness (QED) is 0.800. The van der Waals surface area contributed by atoms with Gasteiger partial charge in [0.15, 0.2) is 0 Å². The van der Waals surface area contributed by atoms with Gasteiger partial charge in [0.2, 0.25) is 0 Å². The van der Waals surface area contributed by atoms with E-state index >= 15 is 0 Å². The number of nitrogens with one attached hydrogen (secondary N) is 1. The summed E-state index contributed by atoms with van der Waals surface area (Å²) >= 11 is 5.95. The molecule has 1 saturated carbocycles. The SMILES string of the molecule is Cc1ccc(F)cc1NC(c1ccc(Cl)cc1)C1CC1. The number of aryl methyl sites for hydroxylation is 1. The van der Waals surface area contributed by atoms with E-state index in [4.69, 9.17) is 11.6 Å². The first-order chi connectivity index (χ1) is 9.63. The maximum atomic E-state index is 13.4. The Kier molecular flexibility index (Phi) is 3.66. The number of rotatable bonds is 4. The second kappa shape index (κ2) is 5.45. The Hall–Kier alpha value is -1.54. The summed E-state index contributed by atoms with van der Waals surface area (Å²) in [6.45, 7) is 1.99. The molecule has 0 saturated heterocycles. The lowest BCUT2D eigenvalue weighted by Gasteiger charge is -2.21. The molecule has 2 aromatic carbocycles. The van der Waals surface area contributed by atoms with Gasteiger partial charge in [-0.15, -0.1) is 0 Å². The molecular formula is C17H17ClFN. The van der Waals surface area contributed by atoms with E-state index in [9.17, 15) is 4.39 Å². The van der Waals surface area contributed by atoms with Crippen molar-refractivity contribution in [3.63, 3.8) is 0 Å². The minimum absolute atomic E-state index is 0.205. The minimum atomic E-state index is -0.205. The Balaban J connectivity index is 1.88. The van der Waals surface area contributed by atoms with Crippen molar-refractivity contribution in [1.82, 2.24) is 0 Å². The van der Waals surface area contributed by atoms with Crippen LogP contribution in [0.4, 0.5) is 10.1 Å². The Morgan fingerprint density at radius 2 is 1.85 bits per heavy atom. The monoisotopic (exact) mass is 289 g/mol. The smallest absolute Gasteiger partial charge is 0.125 e. The van der Waals surface area contributed by atoms with E-state index in [1.807, 2.05) is 37.3 Å². The molecule has 1 atom stereocenters. The van der Waals surface area contributed by atoms with E-state index in [0.717, 1.165) is 16.3 Å². The molecule has 0 amide bonds. The number of hydrogen-bond donors (Lipinski definition) is 1. The Morgan fingerprint density at radius 3 is 2.50 bits per heavy atom. The van der Waals surface area contributed by atoms with Crippen LogP contribution in [0, 0.1) is 18.7 Å². The molecule has 1 nitrogen and oxygen atoms in total.